The van der Waals surface area contributed by atoms with Gasteiger partial charge in [-0.25, -0.2) is 9.31 Å². The third kappa shape index (κ3) is 3.01. The molecule has 2 rings (SSSR count). The predicted octanol–water partition coefficient (Wildman–Crippen LogP) is 1.95. The summed E-state index contributed by atoms with van der Waals surface area (Å²) in [6.45, 7) is 1.23. The Balaban J connectivity index is 2.84. The van der Waals surface area contributed by atoms with E-state index in [1.807, 2.05) is 0 Å². The number of alkyl halides is 3. The highest BCUT2D eigenvalue weighted by Gasteiger charge is 2.49. The number of hydrogen-bond donors (Lipinski definition) is 1. The molecule has 0 aliphatic heterocycles. The number of aryl methyl sites for hydroxylation is 1. The first-order valence-corrected chi connectivity index (χ1v) is 7.60. The van der Waals surface area contributed by atoms with Crippen molar-refractivity contribution in [2.24, 2.45) is 0 Å². The third-order valence-corrected chi connectivity index (χ3v) is 3.94. The molecule has 13 heteroatoms. The summed E-state index contributed by atoms with van der Waals surface area (Å²) in [6, 6.07) is 0.742. The summed E-state index contributed by atoms with van der Waals surface area (Å²) in [4.78, 5) is 22.4. The summed E-state index contributed by atoms with van der Waals surface area (Å²) < 4.78 is 64.9. The van der Waals surface area contributed by atoms with Crippen molar-refractivity contribution in [3.63, 3.8) is 0 Å². The van der Waals surface area contributed by atoms with E-state index in [1.165, 1.54) is 6.92 Å². The second-order valence-electron chi connectivity index (χ2n) is 4.44. The number of halogens is 4. The van der Waals surface area contributed by atoms with Crippen molar-refractivity contribution in [3.8, 4) is 5.75 Å². The molecule has 0 aromatic carbocycles. The second kappa shape index (κ2) is 5.63. The molecule has 2 aromatic rings. The van der Waals surface area contributed by atoms with Crippen molar-refractivity contribution in [2.75, 3.05) is 0 Å². The molecule has 0 saturated heterocycles. The Bertz CT molecular complexity index is 966. The average Bonchev–Trinajstić information content (AvgIpc) is 2.80. The number of aromatic nitrogens is 2. The van der Waals surface area contributed by atoms with Crippen LogP contribution in [-0.2, 0) is 10.1 Å². The van der Waals surface area contributed by atoms with Gasteiger partial charge in [-0.3, -0.25) is 4.79 Å². The van der Waals surface area contributed by atoms with Crippen molar-refractivity contribution in [1.82, 2.24) is 9.61 Å². The molecular formula is C11H6ClF3N2O6S. The molecule has 0 spiro atoms. The van der Waals surface area contributed by atoms with Crippen LogP contribution in [0.25, 0.3) is 5.52 Å². The van der Waals surface area contributed by atoms with Crippen LogP contribution in [0, 0.1) is 6.92 Å². The maximum atomic E-state index is 12.5. The Labute approximate surface area is 136 Å². The number of carbonyl (C=O) groups is 2. The van der Waals surface area contributed by atoms with Crippen LogP contribution in [0.3, 0.4) is 0 Å². The van der Waals surface area contributed by atoms with Crippen LogP contribution in [0.15, 0.2) is 12.3 Å². The molecule has 2 heterocycles. The van der Waals surface area contributed by atoms with E-state index in [0.29, 0.717) is 0 Å². The van der Waals surface area contributed by atoms with Gasteiger partial charge in [-0.2, -0.15) is 26.7 Å². The number of nitrogens with zero attached hydrogens (tertiary/aromatic N) is 2. The van der Waals surface area contributed by atoms with Gasteiger partial charge in [-0.1, -0.05) is 0 Å². The van der Waals surface area contributed by atoms with Crippen molar-refractivity contribution in [3.05, 3.63) is 29.1 Å². The van der Waals surface area contributed by atoms with Gasteiger partial charge in [0.25, 0.3) is 5.24 Å². The zero-order valence-electron chi connectivity index (χ0n) is 11.5. The van der Waals surface area contributed by atoms with Gasteiger partial charge < -0.3 is 9.29 Å². The molecule has 0 saturated carbocycles. The molecule has 0 radical (unpaired) electrons. The van der Waals surface area contributed by atoms with Crippen LogP contribution in [0.5, 0.6) is 5.75 Å². The molecule has 1 N–H and O–H groups in total. The SMILES string of the molecule is Cc1cn2nc(C(=O)O)cc2c(OS(=O)(=O)C(F)(F)F)c1C(=O)Cl. The van der Waals surface area contributed by atoms with Gasteiger partial charge in [-0.05, 0) is 24.1 Å². The second-order valence-corrected chi connectivity index (χ2v) is 6.32. The standard InChI is InChI=1S/C11H6ClF3N2O6S/c1-4-3-17-6(2-5(16-17)10(19)20)8(7(4)9(12)18)23-24(21,22)11(13,14)15/h2-3H,1H3,(H,19,20). The fourth-order valence-corrected chi connectivity index (χ4v) is 2.53. The molecule has 0 fully saturated rings. The van der Waals surface area contributed by atoms with Gasteiger partial charge in [0.15, 0.2) is 11.4 Å². The summed E-state index contributed by atoms with van der Waals surface area (Å²) in [5.74, 6) is -2.59. The van der Waals surface area contributed by atoms with Gasteiger partial charge in [0.2, 0.25) is 0 Å². The van der Waals surface area contributed by atoms with Crippen molar-refractivity contribution in [1.29, 1.82) is 0 Å². The van der Waals surface area contributed by atoms with E-state index in [0.717, 1.165) is 16.8 Å². The maximum absolute atomic E-state index is 12.5. The number of aromatic carboxylic acids is 1. The highest BCUT2D eigenvalue weighted by Crippen LogP contribution is 2.34. The van der Waals surface area contributed by atoms with Crippen molar-refractivity contribution < 1.29 is 40.5 Å². The topological polar surface area (TPSA) is 115 Å². The highest BCUT2D eigenvalue weighted by molar-refractivity contribution is 7.88. The Morgan fingerprint density at radius 2 is 1.96 bits per heavy atom. The first kappa shape index (κ1) is 18.0. The molecule has 0 aliphatic rings. The van der Waals surface area contributed by atoms with Gasteiger partial charge in [0.05, 0.1) is 5.56 Å². The largest absolute Gasteiger partial charge is 0.534 e. The third-order valence-electron chi connectivity index (χ3n) is 2.80. The van der Waals surface area contributed by atoms with Crippen LogP contribution < -0.4 is 4.18 Å². The lowest BCUT2D eigenvalue weighted by molar-refractivity contribution is -0.0499. The minimum Gasteiger partial charge on any atom is -0.476 e. The summed E-state index contributed by atoms with van der Waals surface area (Å²) in [7, 11) is -6.13. The predicted molar refractivity (Wildman–Crippen MR) is 72.7 cm³/mol. The minimum atomic E-state index is -6.13. The molecule has 0 unspecified atom stereocenters. The number of carboxylic acids is 1. The quantitative estimate of drug-likeness (QED) is 0.485. The Morgan fingerprint density at radius 3 is 2.42 bits per heavy atom. The van der Waals surface area contributed by atoms with E-state index in [9.17, 15) is 31.2 Å². The van der Waals surface area contributed by atoms with E-state index in [4.69, 9.17) is 16.7 Å². The molecule has 24 heavy (non-hydrogen) atoms. The van der Waals surface area contributed by atoms with Crippen molar-refractivity contribution in [2.45, 2.75) is 12.4 Å². The van der Waals surface area contributed by atoms with Crippen LogP contribution in [0.4, 0.5) is 13.2 Å². The molecule has 0 bridgehead atoms. The fraction of sp³-hybridized carbons (Fsp3) is 0.182. The number of carboxylic acid groups (broad SMARTS) is 1. The van der Waals surface area contributed by atoms with Crippen LogP contribution in [0.2, 0.25) is 0 Å². The Hall–Kier alpha value is -2.34. The lowest BCUT2D eigenvalue weighted by atomic mass is 10.1. The van der Waals surface area contributed by atoms with Gasteiger partial charge in [0.1, 0.15) is 5.52 Å². The fourth-order valence-electron chi connectivity index (χ4n) is 1.81. The van der Waals surface area contributed by atoms with E-state index in [2.05, 4.69) is 9.28 Å². The molecule has 2 aromatic heterocycles. The van der Waals surface area contributed by atoms with E-state index in [1.54, 1.807) is 0 Å². The highest BCUT2D eigenvalue weighted by atomic mass is 35.5. The lowest BCUT2D eigenvalue weighted by Crippen LogP contribution is -2.28. The van der Waals surface area contributed by atoms with Crippen LogP contribution in [0.1, 0.15) is 26.4 Å². The van der Waals surface area contributed by atoms with Gasteiger partial charge in [0, 0.05) is 12.3 Å². The lowest BCUT2D eigenvalue weighted by Gasteiger charge is -2.14. The van der Waals surface area contributed by atoms with E-state index < -0.39 is 49.4 Å². The van der Waals surface area contributed by atoms with Crippen LogP contribution in [-0.4, -0.2) is 39.9 Å². The Kier molecular flexibility index (Phi) is 4.22. The number of pyridine rings is 1. The van der Waals surface area contributed by atoms with Gasteiger partial charge >= 0.3 is 21.6 Å². The van der Waals surface area contributed by atoms with Gasteiger partial charge in [-0.15, -0.1) is 0 Å². The molecule has 0 atom stereocenters. The minimum absolute atomic E-state index is 0.0742. The normalized spacial score (nSPS) is 12.4. The smallest absolute Gasteiger partial charge is 0.476 e. The van der Waals surface area contributed by atoms with E-state index in [-0.39, 0.29) is 5.56 Å². The summed E-state index contributed by atoms with van der Waals surface area (Å²) in [5, 5.41) is 11.1. The average molecular weight is 387 g/mol. The molecule has 0 aliphatic carbocycles. The summed E-state index contributed by atoms with van der Waals surface area (Å²) in [6.07, 6.45) is 1.09. The van der Waals surface area contributed by atoms with Crippen molar-refractivity contribution >= 4 is 38.4 Å². The van der Waals surface area contributed by atoms with Crippen LogP contribution >= 0.6 is 11.6 Å². The Morgan fingerprint density at radius 1 is 1.38 bits per heavy atom. The zero-order chi connectivity index (χ0) is 18.4. The first-order valence-electron chi connectivity index (χ1n) is 5.82. The number of carbonyl (C=O) groups excluding carboxylic acids is 1. The number of fused-ring (bicyclic) bond motifs is 1. The first-order chi connectivity index (χ1) is 10.8. The summed E-state index contributed by atoms with van der Waals surface area (Å²) >= 11 is 5.29. The molecule has 0 amide bonds. The maximum Gasteiger partial charge on any atom is 0.534 e. The molecular weight excluding hydrogens is 381 g/mol. The van der Waals surface area contributed by atoms with E-state index >= 15 is 0 Å². The number of rotatable bonds is 4. The number of hydrogen-bond acceptors (Lipinski definition) is 6. The molecule has 8 nitrogen and oxygen atoms in total. The summed E-state index contributed by atoms with van der Waals surface area (Å²) in [5.41, 5.74) is -7.60. The molecule has 130 valence electrons. The zero-order valence-corrected chi connectivity index (χ0v) is 13.0. The monoisotopic (exact) mass is 386 g/mol.